The maximum Gasteiger partial charge on any atom is 0.0541 e. The molecule has 0 bridgehead atoms. The minimum absolute atomic E-state index is 0.0111. The lowest BCUT2D eigenvalue weighted by Gasteiger charge is -2.29. The van der Waals surface area contributed by atoms with Crippen molar-refractivity contribution >= 4 is 71.2 Å². The van der Waals surface area contributed by atoms with E-state index in [1.807, 2.05) is 0 Å². The van der Waals surface area contributed by atoms with Crippen molar-refractivity contribution in [1.82, 2.24) is 4.57 Å². The molecule has 0 saturated carbocycles. The van der Waals surface area contributed by atoms with E-state index in [1.54, 1.807) is 0 Å². The van der Waals surface area contributed by atoms with Crippen molar-refractivity contribution in [1.29, 1.82) is 0 Å². The molecule has 1 aromatic heterocycles. The summed E-state index contributed by atoms with van der Waals surface area (Å²) in [6.07, 6.45) is 0. The van der Waals surface area contributed by atoms with Crippen molar-refractivity contribution in [2.45, 2.75) is 105 Å². The predicted octanol–water partition coefficient (Wildman–Crippen LogP) is 23.0. The molecule has 13 rings (SSSR count). The van der Waals surface area contributed by atoms with Gasteiger partial charge in [0.15, 0.2) is 0 Å². The van der Waals surface area contributed by atoms with Crippen LogP contribution in [0.15, 0.2) is 231 Å². The van der Waals surface area contributed by atoms with Gasteiger partial charge < -0.3 is 9.47 Å². The van der Waals surface area contributed by atoms with Crippen LogP contribution in [0.3, 0.4) is 0 Å². The van der Waals surface area contributed by atoms with Gasteiger partial charge in [0.1, 0.15) is 0 Å². The standard InChI is InChI=1S/C80H74N2/c1-77(2,3)59-33-38-65(52-23-17-14-18-24-52)68(48-59)56-26-20-28-64(47-56)81(63-27-19-25-55(46-63)58-43-57(51-21-15-13-16-22-51)44-62(45-58)80(10,11)12)71-39-31-53-30-37-67-72(40-32-54-29-36-66(71)75(53)76(54)67)82-73-41-34-60(78(4,5)6)49-69(73)70-50-61(79(7,8)9)35-42-74(70)82/h13-50H,1-12H3. The fourth-order valence-corrected chi connectivity index (χ4v) is 12.6. The molecule has 0 aliphatic carbocycles. The van der Waals surface area contributed by atoms with E-state index in [0.717, 1.165) is 17.1 Å². The molecule has 1 heterocycles. The zero-order valence-electron chi connectivity index (χ0n) is 49.8. The minimum atomic E-state index is -0.0543. The molecule has 0 unspecified atom stereocenters. The first-order chi connectivity index (χ1) is 39.2. The van der Waals surface area contributed by atoms with Crippen LogP contribution in [0.1, 0.15) is 105 Å². The van der Waals surface area contributed by atoms with Gasteiger partial charge >= 0.3 is 0 Å². The van der Waals surface area contributed by atoms with Gasteiger partial charge in [-0.2, -0.15) is 0 Å². The molecular weight excluding hydrogens is 989 g/mol. The monoisotopic (exact) mass is 1060 g/mol. The first-order valence-corrected chi connectivity index (χ1v) is 29.4. The molecule has 2 heteroatoms. The van der Waals surface area contributed by atoms with Gasteiger partial charge in [-0.05, 0) is 177 Å². The van der Waals surface area contributed by atoms with E-state index in [2.05, 4.69) is 323 Å². The number of fused-ring (bicyclic) bond motifs is 3. The lowest BCUT2D eigenvalue weighted by molar-refractivity contribution is 0.590. The Morgan fingerprint density at radius 2 is 0.744 bits per heavy atom. The van der Waals surface area contributed by atoms with Gasteiger partial charge in [-0.25, -0.2) is 0 Å². The van der Waals surface area contributed by atoms with Crippen LogP contribution in [-0.2, 0) is 21.7 Å². The number of anilines is 3. The summed E-state index contributed by atoms with van der Waals surface area (Å²) in [5.74, 6) is 0. The number of aromatic nitrogens is 1. The zero-order chi connectivity index (χ0) is 57.0. The zero-order valence-corrected chi connectivity index (χ0v) is 49.8. The lowest BCUT2D eigenvalue weighted by Crippen LogP contribution is -2.12. The third-order valence-electron chi connectivity index (χ3n) is 17.3. The Kier molecular flexibility index (Phi) is 12.5. The number of benzene rings is 12. The molecule has 12 aromatic carbocycles. The van der Waals surface area contributed by atoms with Crippen LogP contribution in [0.5, 0.6) is 0 Å². The van der Waals surface area contributed by atoms with Crippen LogP contribution in [0, 0.1) is 0 Å². The SMILES string of the molecule is CC(C)(C)c1cc(-c2ccccc2)cc(-c2cccc(N(c3cccc(-c4cc(C(C)(C)C)ccc4-c4ccccc4)c3)c3ccc4ccc5c(-n6c7ccc(C(C)(C)C)cc7c7cc(C(C)(C)C)ccc76)ccc6ccc3c4c65)c2)c1. The molecule has 0 saturated heterocycles. The Morgan fingerprint density at radius 1 is 0.280 bits per heavy atom. The highest BCUT2D eigenvalue weighted by molar-refractivity contribution is 6.27. The highest BCUT2D eigenvalue weighted by Crippen LogP contribution is 2.48. The van der Waals surface area contributed by atoms with E-state index in [4.69, 9.17) is 0 Å². The lowest BCUT2D eigenvalue weighted by atomic mass is 9.83. The molecule has 0 spiro atoms. The van der Waals surface area contributed by atoms with Gasteiger partial charge in [0.2, 0.25) is 0 Å². The maximum absolute atomic E-state index is 2.54. The van der Waals surface area contributed by atoms with Crippen molar-refractivity contribution in [3.8, 4) is 50.2 Å². The van der Waals surface area contributed by atoms with Gasteiger partial charge in [0.25, 0.3) is 0 Å². The second-order valence-electron chi connectivity index (χ2n) is 27.1. The van der Waals surface area contributed by atoms with Crippen LogP contribution in [0.4, 0.5) is 17.1 Å². The summed E-state index contributed by atoms with van der Waals surface area (Å²) < 4.78 is 2.54. The average Bonchev–Trinajstić information content (AvgIpc) is 4.02. The second-order valence-corrected chi connectivity index (χ2v) is 27.1. The van der Waals surface area contributed by atoms with Crippen LogP contribution in [0.2, 0.25) is 0 Å². The van der Waals surface area contributed by atoms with Crippen molar-refractivity contribution < 1.29 is 0 Å². The molecule has 13 aromatic rings. The molecule has 0 N–H and O–H groups in total. The second kappa shape index (κ2) is 19.5. The van der Waals surface area contributed by atoms with E-state index < -0.39 is 0 Å². The smallest absolute Gasteiger partial charge is 0.0541 e. The van der Waals surface area contributed by atoms with Crippen LogP contribution in [0.25, 0.3) is 104 Å². The highest BCUT2D eigenvalue weighted by Gasteiger charge is 2.26. The fourth-order valence-electron chi connectivity index (χ4n) is 12.6. The van der Waals surface area contributed by atoms with E-state index in [0.29, 0.717) is 0 Å². The molecule has 2 nitrogen and oxygen atoms in total. The Bertz CT molecular complexity index is 4510. The quantitative estimate of drug-likeness (QED) is 0.138. The number of hydrogen-bond donors (Lipinski definition) is 0. The summed E-state index contributed by atoms with van der Waals surface area (Å²) in [5.41, 5.74) is 21.8. The summed E-state index contributed by atoms with van der Waals surface area (Å²) in [7, 11) is 0. The molecule has 0 aliphatic heterocycles. The van der Waals surface area contributed by atoms with Gasteiger partial charge in [-0.1, -0.05) is 247 Å². The summed E-state index contributed by atoms with van der Waals surface area (Å²) in [6, 6.07) is 87.6. The summed E-state index contributed by atoms with van der Waals surface area (Å²) in [6.45, 7) is 27.8. The van der Waals surface area contributed by atoms with E-state index in [1.165, 1.54) is 127 Å². The van der Waals surface area contributed by atoms with Gasteiger partial charge in [-0.15, -0.1) is 0 Å². The summed E-state index contributed by atoms with van der Waals surface area (Å²) >= 11 is 0. The minimum Gasteiger partial charge on any atom is -0.310 e. The normalized spacial score (nSPS) is 12.6. The van der Waals surface area contributed by atoms with Crippen LogP contribution >= 0.6 is 0 Å². The summed E-state index contributed by atoms with van der Waals surface area (Å²) in [4.78, 5) is 2.52. The summed E-state index contributed by atoms with van der Waals surface area (Å²) in [5, 5.41) is 10.0. The average molecular weight is 1060 g/mol. The molecule has 404 valence electrons. The Hall–Kier alpha value is -8.72. The van der Waals surface area contributed by atoms with Crippen molar-refractivity contribution in [2.75, 3.05) is 4.90 Å². The molecule has 0 atom stereocenters. The predicted molar refractivity (Wildman–Crippen MR) is 356 cm³/mol. The van der Waals surface area contributed by atoms with Crippen molar-refractivity contribution in [3.05, 3.63) is 253 Å². The highest BCUT2D eigenvalue weighted by atomic mass is 15.1. The van der Waals surface area contributed by atoms with Crippen molar-refractivity contribution in [2.24, 2.45) is 0 Å². The van der Waals surface area contributed by atoms with E-state index in [-0.39, 0.29) is 21.7 Å². The molecule has 82 heavy (non-hydrogen) atoms. The first-order valence-electron chi connectivity index (χ1n) is 29.4. The Balaban J connectivity index is 1.06. The van der Waals surface area contributed by atoms with Gasteiger partial charge in [-0.3, -0.25) is 0 Å². The maximum atomic E-state index is 2.54. The van der Waals surface area contributed by atoms with Crippen LogP contribution < -0.4 is 4.90 Å². The molecule has 0 aliphatic rings. The van der Waals surface area contributed by atoms with Gasteiger partial charge in [0, 0.05) is 32.9 Å². The molecule has 0 amide bonds. The molecular formula is C80H74N2. The third kappa shape index (κ3) is 9.33. The molecule has 0 radical (unpaired) electrons. The van der Waals surface area contributed by atoms with E-state index in [9.17, 15) is 0 Å². The first kappa shape index (κ1) is 52.6. The molecule has 0 fully saturated rings. The number of nitrogens with zero attached hydrogens (tertiary/aromatic N) is 2. The Labute approximate surface area is 485 Å². The van der Waals surface area contributed by atoms with Crippen LogP contribution in [-0.4, -0.2) is 4.57 Å². The number of rotatable bonds is 8. The van der Waals surface area contributed by atoms with Gasteiger partial charge in [0.05, 0.1) is 22.4 Å². The Morgan fingerprint density at radius 3 is 1.33 bits per heavy atom. The number of hydrogen-bond acceptors (Lipinski definition) is 1. The third-order valence-corrected chi connectivity index (χ3v) is 17.3. The van der Waals surface area contributed by atoms with E-state index >= 15 is 0 Å². The van der Waals surface area contributed by atoms with Crippen molar-refractivity contribution in [3.63, 3.8) is 0 Å². The largest absolute Gasteiger partial charge is 0.310 e. The topological polar surface area (TPSA) is 8.17 Å². The fraction of sp³-hybridized carbons (Fsp3) is 0.200.